The molecule has 16 heavy (non-hydrogen) atoms. The number of unbranched alkanes of at least 4 members (excludes halogenated alkanes) is 2. The number of thioether (sulfide) groups is 2. The maximum absolute atomic E-state index is 5.42. The van der Waals surface area contributed by atoms with E-state index in [1.54, 1.807) is 0 Å². The quantitative estimate of drug-likeness (QED) is 0.682. The van der Waals surface area contributed by atoms with Gasteiger partial charge < -0.3 is 9.47 Å². The van der Waals surface area contributed by atoms with Crippen molar-refractivity contribution in [3.8, 4) is 0 Å². The van der Waals surface area contributed by atoms with Crippen molar-refractivity contribution in [2.45, 2.75) is 49.4 Å². The molecule has 94 valence electrons. The van der Waals surface area contributed by atoms with Crippen molar-refractivity contribution in [1.29, 1.82) is 0 Å². The van der Waals surface area contributed by atoms with Gasteiger partial charge in [-0.3, -0.25) is 0 Å². The Bertz CT molecular complexity index is 178. The Morgan fingerprint density at radius 1 is 0.875 bits per heavy atom. The summed E-state index contributed by atoms with van der Waals surface area (Å²) in [6.07, 6.45) is 7.96. The van der Waals surface area contributed by atoms with Crippen LogP contribution in [0.4, 0.5) is 0 Å². The summed E-state index contributed by atoms with van der Waals surface area (Å²) in [6, 6.07) is 0. The van der Waals surface area contributed by atoms with Crippen LogP contribution in [0.1, 0.15) is 38.5 Å². The largest absolute Gasteiger partial charge is 0.350 e. The summed E-state index contributed by atoms with van der Waals surface area (Å²) in [5.41, 5.74) is 0. The Kier molecular flexibility index (Phi) is 6.41. The summed E-state index contributed by atoms with van der Waals surface area (Å²) in [6.45, 7) is 1.58. The topological polar surface area (TPSA) is 18.5 Å². The lowest BCUT2D eigenvalue weighted by molar-refractivity contribution is -0.0479. The molecule has 2 nitrogen and oxygen atoms in total. The molecule has 2 saturated heterocycles. The number of rotatable bonds is 6. The van der Waals surface area contributed by atoms with E-state index in [4.69, 9.17) is 9.47 Å². The van der Waals surface area contributed by atoms with Gasteiger partial charge >= 0.3 is 0 Å². The second-order valence-corrected chi connectivity index (χ2v) is 7.25. The maximum atomic E-state index is 5.42. The molecule has 2 rings (SSSR count). The molecule has 0 aromatic heterocycles. The zero-order valence-electron chi connectivity index (χ0n) is 9.86. The fourth-order valence-corrected chi connectivity index (χ4v) is 5.04. The molecule has 2 heterocycles. The van der Waals surface area contributed by atoms with Crippen molar-refractivity contribution in [1.82, 2.24) is 0 Å². The van der Waals surface area contributed by atoms with Gasteiger partial charge in [0.25, 0.3) is 0 Å². The van der Waals surface area contributed by atoms with Crippen molar-refractivity contribution in [3.05, 3.63) is 0 Å². The number of hydrogen-bond donors (Lipinski definition) is 0. The number of hydrogen-bond acceptors (Lipinski definition) is 4. The molecule has 0 atom stereocenters. The van der Waals surface area contributed by atoms with E-state index in [1.807, 2.05) is 0 Å². The van der Waals surface area contributed by atoms with Crippen molar-refractivity contribution in [3.63, 3.8) is 0 Å². The molecular formula is C12H22O2S2. The SMILES string of the molecule is C(CCC1OCCO1)CCC1SCCCS1. The smallest absolute Gasteiger partial charge is 0.157 e. The van der Waals surface area contributed by atoms with E-state index in [0.29, 0.717) is 0 Å². The highest BCUT2D eigenvalue weighted by atomic mass is 32.2. The molecule has 0 unspecified atom stereocenters. The van der Waals surface area contributed by atoms with Crippen LogP contribution in [-0.2, 0) is 9.47 Å². The van der Waals surface area contributed by atoms with Gasteiger partial charge in [-0.15, -0.1) is 23.5 Å². The minimum Gasteiger partial charge on any atom is -0.350 e. The van der Waals surface area contributed by atoms with Gasteiger partial charge in [-0.05, 0) is 37.2 Å². The lowest BCUT2D eigenvalue weighted by atomic mass is 10.1. The van der Waals surface area contributed by atoms with Crippen LogP contribution in [0.15, 0.2) is 0 Å². The molecule has 0 aromatic rings. The van der Waals surface area contributed by atoms with E-state index in [9.17, 15) is 0 Å². The fraction of sp³-hybridized carbons (Fsp3) is 1.00. The number of ether oxygens (including phenoxy) is 2. The maximum Gasteiger partial charge on any atom is 0.157 e. The van der Waals surface area contributed by atoms with Gasteiger partial charge in [0, 0.05) is 0 Å². The van der Waals surface area contributed by atoms with Gasteiger partial charge in [0.1, 0.15) is 0 Å². The normalized spacial score (nSPS) is 24.0. The predicted octanol–water partition coefficient (Wildman–Crippen LogP) is 3.51. The molecule has 0 N–H and O–H groups in total. The Balaban J connectivity index is 1.42. The zero-order chi connectivity index (χ0) is 11.1. The fourth-order valence-electron chi connectivity index (χ4n) is 2.08. The first kappa shape index (κ1) is 13.1. The van der Waals surface area contributed by atoms with Crippen LogP contribution in [0.2, 0.25) is 0 Å². The molecule has 2 aliphatic rings. The van der Waals surface area contributed by atoms with E-state index < -0.39 is 0 Å². The van der Waals surface area contributed by atoms with Crippen LogP contribution in [0.5, 0.6) is 0 Å². The third kappa shape index (κ3) is 4.86. The van der Waals surface area contributed by atoms with Crippen LogP contribution < -0.4 is 0 Å². The minimum absolute atomic E-state index is 0.110. The highest BCUT2D eigenvalue weighted by Crippen LogP contribution is 2.34. The molecule has 2 aliphatic heterocycles. The van der Waals surface area contributed by atoms with Gasteiger partial charge in [0.15, 0.2) is 6.29 Å². The second-order valence-electron chi connectivity index (χ2n) is 4.33. The Hall–Kier alpha value is 0.620. The molecule has 0 amide bonds. The summed E-state index contributed by atoms with van der Waals surface area (Å²) in [4.78, 5) is 0. The molecule has 0 radical (unpaired) electrons. The van der Waals surface area contributed by atoms with E-state index in [1.165, 1.54) is 43.6 Å². The van der Waals surface area contributed by atoms with Gasteiger partial charge in [0.05, 0.1) is 17.8 Å². The first-order chi connectivity index (χ1) is 7.95. The zero-order valence-corrected chi connectivity index (χ0v) is 11.5. The van der Waals surface area contributed by atoms with Crippen molar-refractivity contribution < 1.29 is 9.47 Å². The third-order valence-corrected chi connectivity index (χ3v) is 6.05. The lowest BCUT2D eigenvalue weighted by Gasteiger charge is -2.20. The Morgan fingerprint density at radius 2 is 1.56 bits per heavy atom. The first-order valence-electron chi connectivity index (χ1n) is 6.41. The summed E-state index contributed by atoms with van der Waals surface area (Å²) in [7, 11) is 0. The van der Waals surface area contributed by atoms with Crippen LogP contribution in [0, 0.1) is 0 Å². The average molecular weight is 262 g/mol. The second kappa shape index (κ2) is 7.85. The summed E-state index contributed by atoms with van der Waals surface area (Å²) < 4.78 is 11.7. The van der Waals surface area contributed by atoms with E-state index in [0.717, 1.165) is 24.2 Å². The monoisotopic (exact) mass is 262 g/mol. The predicted molar refractivity (Wildman–Crippen MR) is 72.1 cm³/mol. The molecule has 2 fully saturated rings. The van der Waals surface area contributed by atoms with Crippen molar-refractivity contribution in [2.24, 2.45) is 0 Å². The Labute approximate surface area is 107 Å². The molecule has 0 aromatic carbocycles. The molecule has 0 bridgehead atoms. The molecule has 0 aliphatic carbocycles. The van der Waals surface area contributed by atoms with Gasteiger partial charge in [-0.25, -0.2) is 0 Å². The summed E-state index contributed by atoms with van der Waals surface area (Å²) in [5, 5.41) is 0. The highest BCUT2D eigenvalue weighted by molar-refractivity contribution is 8.17. The third-order valence-electron chi connectivity index (χ3n) is 2.97. The van der Waals surface area contributed by atoms with Crippen LogP contribution in [-0.4, -0.2) is 35.6 Å². The lowest BCUT2D eigenvalue weighted by Crippen LogP contribution is -2.08. The van der Waals surface area contributed by atoms with E-state index in [-0.39, 0.29) is 6.29 Å². The van der Waals surface area contributed by atoms with Crippen LogP contribution >= 0.6 is 23.5 Å². The van der Waals surface area contributed by atoms with Crippen molar-refractivity contribution >= 4 is 23.5 Å². The average Bonchev–Trinajstić information content (AvgIpc) is 2.83. The van der Waals surface area contributed by atoms with E-state index in [2.05, 4.69) is 23.5 Å². The van der Waals surface area contributed by atoms with Gasteiger partial charge in [-0.1, -0.05) is 12.8 Å². The van der Waals surface area contributed by atoms with Crippen LogP contribution in [0.3, 0.4) is 0 Å². The van der Waals surface area contributed by atoms with Gasteiger partial charge in [-0.2, -0.15) is 0 Å². The molecular weight excluding hydrogens is 240 g/mol. The van der Waals surface area contributed by atoms with Crippen LogP contribution in [0.25, 0.3) is 0 Å². The first-order valence-corrected chi connectivity index (χ1v) is 8.51. The highest BCUT2D eigenvalue weighted by Gasteiger charge is 2.16. The summed E-state index contributed by atoms with van der Waals surface area (Å²) in [5.74, 6) is 2.75. The molecule has 0 spiro atoms. The standard InChI is InChI=1S/C12H22O2S2/c1(2-5-11-13-7-8-14-11)3-6-12-15-9-4-10-16-12/h11-12H,1-10H2. The van der Waals surface area contributed by atoms with Gasteiger partial charge in [0.2, 0.25) is 0 Å². The minimum atomic E-state index is 0.110. The van der Waals surface area contributed by atoms with E-state index >= 15 is 0 Å². The molecule has 0 saturated carbocycles. The Morgan fingerprint density at radius 3 is 2.31 bits per heavy atom. The summed E-state index contributed by atoms with van der Waals surface area (Å²) >= 11 is 4.32. The van der Waals surface area contributed by atoms with Crippen molar-refractivity contribution in [2.75, 3.05) is 24.7 Å². The molecule has 4 heteroatoms.